The zero-order chi connectivity index (χ0) is 13.9. The number of aryl methyl sites for hydroxylation is 1. The molecule has 1 amide bonds. The predicted molar refractivity (Wildman–Crippen MR) is 65.4 cm³/mol. The number of hydrogen-bond donors (Lipinski definition) is 1. The molecule has 1 aromatic rings. The number of halogens is 4. The van der Waals surface area contributed by atoms with Gasteiger partial charge in [-0.15, -0.1) is 0 Å². The van der Waals surface area contributed by atoms with Crippen molar-refractivity contribution in [3.05, 3.63) is 22.4 Å². The lowest BCUT2D eigenvalue weighted by atomic mass is 10.2. The van der Waals surface area contributed by atoms with Crippen LogP contribution in [0.25, 0.3) is 0 Å². The van der Waals surface area contributed by atoms with Crippen LogP contribution in [0.1, 0.15) is 30.8 Å². The monoisotopic (exact) mass is 326 g/mol. The van der Waals surface area contributed by atoms with E-state index in [2.05, 4.69) is 21.2 Å². The number of aromatic nitrogens is 1. The third-order valence-corrected chi connectivity index (χ3v) is 2.79. The number of nitrogens with one attached hydrogen (secondary N) is 1. The van der Waals surface area contributed by atoms with Crippen LogP contribution in [0.2, 0.25) is 0 Å². The number of hydrogen-bond acceptors (Lipinski definition) is 1. The summed E-state index contributed by atoms with van der Waals surface area (Å²) in [6, 6.07) is 0.635. The highest BCUT2D eigenvalue weighted by Crippen LogP contribution is 2.21. The van der Waals surface area contributed by atoms with Crippen molar-refractivity contribution >= 4 is 21.8 Å². The summed E-state index contributed by atoms with van der Waals surface area (Å²) in [6.07, 6.45) is -3.60. The average molecular weight is 327 g/mol. The van der Waals surface area contributed by atoms with Gasteiger partial charge in [0.25, 0.3) is 5.91 Å². The van der Waals surface area contributed by atoms with Crippen LogP contribution in [-0.2, 0) is 6.54 Å². The Labute approximate surface area is 111 Å². The Bertz CT molecular complexity index is 428. The maximum Gasteiger partial charge on any atom is 0.391 e. The van der Waals surface area contributed by atoms with Crippen molar-refractivity contribution in [1.82, 2.24) is 9.88 Å². The molecule has 1 atom stereocenters. The summed E-state index contributed by atoms with van der Waals surface area (Å²) in [6.45, 7) is 3.75. The molecule has 7 heteroatoms. The van der Waals surface area contributed by atoms with Crippen LogP contribution in [-0.4, -0.2) is 22.7 Å². The summed E-state index contributed by atoms with van der Waals surface area (Å²) in [7, 11) is 0. The fourth-order valence-electron chi connectivity index (χ4n) is 1.62. The van der Waals surface area contributed by atoms with Gasteiger partial charge in [0.1, 0.15) is 5.69 Å². The molecular formula is C11H14BrF3N2O. The second kappa shape index (κ2) is 5.77. The van der Waals surface area contributed by atoms with Gasteiger partial charge in [-0.3, -0.25) is 4.79 Å². The van der Waals surface area contributed by atoms with Gasteiger partial charge in [0.05, 0.1) is 6.42 Å². The number of nitrogens with zero attached hydrogens (tertiary/aromatic N) is 1. The average Bonchev–Trinajstić information content (AvgIpc) is 2.56. The molecule has 0 aliphatic heterocycles. The zero-order valence-electron chi connectivity index (χ0n) is 10.0. The minimum Gasteiger partial charge on any atom is -0.348 e. The molecule has 0 aromatic carbocycles. The summed E-state index contributed by atoms with van der Waals surface area (Å²) in [4.78, 5) is 11.8. The molecule has 0 fully saturated rings. The number of amides is 1. The predicted octanol–water partition coefficient (Wildman–Crippen LogP) is 3.34. The topological polar surface area (TPSA) is 34.0 Å². The molecule has 0 saturated carbocycles. The number of rotatable bonds is 4. The van der Waals surface area contributed by atoms with Crippen LogP contribution in [0.15, 0.2) is 16.7 Å². The van der Waals surface area contributed by atoms with E-state index in [1.807, 2.05) is 6.92 Å². The van der Waals surface area contributed by atoms with E-state index in [0.29, 0.717) is 12.2 Å². The molecule has 1 heterocycles. The number of carbonyl (C=O) groups excluding carboxylic acids is 1. The fourth-order valence-corrected chi connectivity index (χ4v) is 2.09. The standard InChI is InChI=1S/C11H14BrF3N2O/c1-3-17-6-8(12)4-9(17)10(18)16-7(2)5-11(13,14)15/h4,6-7H,3,5H2,1-2H3,(H,16,18). The van der Waals surface area contributed by atoms with Gasteiger partial charge < -0.3 is 9.88 Å². The Morgan fingerprint density at radius 3 is 2.67 bits per heavy atom. The van der Waals surface area contributed by atoms with E-state index in [1.165, 1.54) is 6.92 Å². The maximum atomic E-state index is 12.1. The van der Waals surface area contributed by atoms with Gasteiger partial charge in [0.2, 0.25) is 0 Å². The summed E-state index contributed by atoms with van der Waals surface area (Å²) in [5, 5.41) is 2.34. The van der Waals surface area contributed by atoms with Crippen molar-refractivity contribution in [1.29, 1.82) is 0 Å². The lowest BCUT2D eigenvalue weighted by molar-refractivity contribution is -0.138. The summed E-state index contributed by atoms with van der Waals surface area (Å²) < 4.78 is 38.8. The Kier molecular flexibility index (Phi) is 4.84. The molecule has 0 bridgehead atoms. The first-order chi connectivity index (χ1) is 8.23. The van der Waals surface area contributed by atoms with Gasteiger partial charge in [0.15, 0.2) is 0 Å². The van der Waals surface area contributed by atoms with Crippen LogP contribution in [0.3, 0.4) is 0 Å². The van der Waals surface area contributed by atoms with Gasteiger partial charge in [-0.25, -0.2) is 0 Å². The van der Waals surface area contributed by atoms with Gasteiger partial charge in [-0.2, -0.15) is 13.2 Å². The van der Waals surface area contributed by atoms with Crippen molar-refractivity contribution < 1.29 is 18.0 Å². The minimum atomic E-state index is -4.28. The quantitative estimate of drug-likeness (QED) is 0.904. The van der Waals surface area contributed by atoms with E-state index < -0.39 is 24.5 Å². The van der Waals surface area contributed by atoms with E-state index >= 15 is 0 Å². The first kappa shape index (κ1) is 15.1. The second-order valence-electron chi connectivity index (χ2n) is 4.02. The molecule has 1 aromatic heterocycles. The van der Waals surface area contributed by atoms with Gasteiger partial charge >= 0.3 is 6.18 Å². The van der Waals surface area contributed by atoms with Gasteiger partial charge in [-0.05, 0) is 35.8 Å². The summed E-state index contributed by atoms with van der Waals surface area (Å²) >= 11 is 3.23. The number of carbonyl (C=O) groups is 1. The van der Waals surface area contributed by atoms with E-state index in [1.54, 1.807) is 16.8 Å². The Morgan fingerprint density at radius 2 is 2.17 bits per heavy atom. The van der Waals surface area contributed by atoms with Crippen LogP contribution in [0.4, 0.5) is 13.2 Å². The van der Waals surface area contributed by atoms with E-state index in [0.717, 1.165) is 4.47 Å². The molecule has 18 heavy (non-hydrogen) atoms. The Balaban J connectivity index is 2.70. The first-order valence-electron chi connectivity index (χ1n) is 5.46. The highest BCUT2D eigenvalue weighted by molar-refractivity contribution is 9.10. The SMILES string of the molecule is CCn1cc(Br)cc1C(=O)NC(C)CC(F)(F)F. The molecule has 0 aliphatic carbocycles. The summed E-state index contributed by atoms with van der Waals surface area (Å²) in [5.41, 5.74) is 0.346. The molecule has 1 rings (SSSR count). The van der Waals surface area contributed by atoms with Gasteiger partial charge in [-0.1, -0.05) is 0 Å². The molecule has 0 saturated heterocycles. The molecule has 3 nitrogen and oxygen atoms in total. The lowest BCUT2D eigenvalue weighted by Gasteiger charge is -2.16. The smallest absolute Gasteiger partial charge is 0.348 e. The summed E-state index contributed by atoms with van der Waals surface area (Å²) in [5.74, 6) is -0.501. The Morgan fingerprint density at radius 1 is 1.56 bits per heavy atom. The zero-order valence-corrected chi connectivity index (χ0v) is 11.6. The molecule has 1 N–H and O–H groups in total. The highest BCUT2D eigenvalue weighted by atomic mass is 79.9. The number of alkyl halides is 3. The molecule has 102 valence electrons. The lowest BCUT2D eigenvalue weighted by Crippen LogP contribution is -2.36. The molecule has 0 radical (unpaired) electrons. The Hall–Kier alpha value is -0.980. The molecule has 0 spiro atoms. The van der Waals surface area contributed by atoms with Crippen LogP contribution in [0.5, 0.6) is 0 Å². The van der Waals surface area contributed by atoms with Crippen molar-refractivity contribution in [3.8, 4) is 0 Å². The van der Waals surface area contributed by atoms with Crippen molar-refractivity contribution in [2.24, 2.45) is 0 Å². The minimum absolute atomic E-state index is 0.346. The van der Waals surface area contributed by atoms with Gasteiger partial charge in [0, 0.05) is 23.3 Å². The van der Waals surface area contributed by atoms with Crippen LogP contribution in [0, 0.1) is 0 Å². The maximum absolute atomic E-state index is 12.1. The highest BCUT2D eigenvalue weighted by Gasteiger charge is 2.30. The van der Waals surface area contributed by atoms with Crippen LogP contribution >= 0.6 is 15.9 Å². The van der Waals surface area contributed by atoms with Crippen molar-refractivity contribution in [2.45, 2.75) is 39.0 Å². The normalized spacial score (nSPS) is 13.4. The van der Waals surface area contributed by atoms with E-state index in [-0.39, 0.29) is 0 Å². The third kappa shape index (κ3) is 4.36. The van der Waals surface area contributed by atoms with Crippen molar-refractivity contribution in [3.63, 3.8) is 0 Å². The fraction of sp³-hybridized carbons (Fsp3) is 0.545. The molecule has 0 aliphatic rings. The third-order valence-electron chi connectivity index (χ3n) is 2.35. The first-order valence-corrected chi connectivity index (χ1v) is 6.25. The largest absolute Gasteiger partial charge is 0.391 e. The van der Waals surface area contributed by atoms with Crippen molar-refractivity contribution in [2.75, 3.05) is 0 Å². The van der Waals surface area contributed by atoms with Crippen LogP contribution < -0.4 is 5.32 Å². The second-order valence-corrected chi connectivity index (χ2v) is 4.94. The molecule has 1 unspecified atom stereocenters. The molecular weight excluding hydrogens is 313 g/mol. The van der Waals surface area contributed by atoms with E-state index in [9.17, 15) is 18.0 Å². The van der Waals surface area contributed by atoms with E-state index in [4.69, 9.17) is 0 Å².